The third-order valence-electron chi connectivity index (χ3n) is 4.51. The molecular weight excluding hydrogens is 274 g/mol. The minimum absolute atomic E-state index is 0.471. The first-order valence-corrected chi connectivity index (χ1v) is 9.79. The minimum atomic E-state index is -2.75. The highest BCUT2D eigenvalue weighted by Crippen LogP contribution is 2.46. The van der Waals surface area contributed by atoms with Gasteiger partial charge in [0.2, 0.25) is 17.7 Å². The number of carbonyl (C=O) groups excluding carboxylic acids is 3. The summed E-state index contributed by atoms with van der Waals surface area (Å²) in [5.74, 6) is -1.41. The van der Waals surface area contributed by atoms with Gasteiger partial charge in [-0.3, -0.25) is 14.4 Å². The third-order valence-corrected chi connectivity index (χ3v) is 11.1. The van der Waals surface area contributed by atoms with Gasteiger partial charge in [0, 0.05) is 16.6 Å². The molecule has 0 fully saturated rings. The summed E-state index contributed by atoms with van der Waals surface area (Å²) in [6, 6.07) is 0. The van der Waals surface area contributed by atoms with Crippen LogP contribution in [0.15, 0.2) is 0 Å². The Morgan fingerprint density at radius 2 is 0.950 bits per heavy atom. The van der Waals surface area contributed by atoms with Crippen LogP contribution in [-0.4, -0.2) is 25.8 Å². The molecule has 20 heavy (non-hydrogen) atoms. The predicted octanol–water partition coefficient (Wildman–Crippen LogP) is 0.862. The fourth-order valence-electron chi connectivity index (χ4n) is 3.57. The Morgan fingerprint density at radius 3 is 1.05 bits per heavy atom. The van der Waals surface area contributed by atoms with Crippen LogP contribution in [0.5, 0.6) is 0 Å². The maximum absolute atomic E-state index is 11.8. The number of primary amides is 3. The Kier molecular flexibility index (Phi) is 6.91. The molecule has 116 valence electrons. The molecule has 0 saturated heterocycles. The number of rotatable bonds is 9. The minimum Gasteiger partial charge on any atom is -0.370 e. The molecule has 6 nitrogen and oxygen atoms in total. The maximum Gasteiger partial charge on any atom is 0.217 e. The molecule has 0 saturated carbocycles. The summed E-state index contributed by atoms with van der Waals surface area (Å²) in [5.41, 5.74) is 15.1. The van der Waals surface area contributed by atoms with Crippen molar-refractivity contribution in [1.82, 2.24) is 0 Å². The molecular formula is C13H27N3O3Si. The van der Waals surface area contributed by atoms with Crippen LogP contribution in [-0.2, 0) is 14.4 Å². The first-order chi connectivity index (χ1) is 9.18. The average molecular weight is 301 g/mol. The molecule has 7 heteroatoms. The first kappa shape index (κ1) is 18.6. The Labute approximate surface area is 121 Å². The van der Waals surface area contributed by atoms with E-state index in [2.05, 4.69) is 0 Å². The highest BCUT2D eigenvalue weighted by atomic mass is 28.3. The fourth-order valence-corrected chi connectivity index (χ4v) is 9.51. The Balaban J connectivity index is 6.06. The van der Waals surface area contributed by atoms with E-state index in [1.165, 1.54) is 0 Å². The van der Waals surface area contributed by atoms with Crippen LogP contribution in [0.1, 0.15) is 40.0 Å². The lowest BCUT2D eigenvalue weighted by Crippen LogP contribution is -2.56. The van der Waals surface area contributed by atoms with Crippen molar-refractivity contribution in [3.05, 3.63) is 0 Å². The van der Waals surface area contributed by atoms with Gasteiger partial charge in [-0.1, -0.05) is 27.3 Å². The second-order valence-corrected chi connectivity index (χ2v) is 10.3. The molecule has 0 bridgehead atoms. The molecule has 0 aromatic carbocycles. The van der Waals surface area contributed by atoms with Crippen molar-refractivity contribution in [2.45, 2.75) is 63.2 Å². The molecule has 3 amide bonds. The summed E-state index contributed by atoms with van der Waals surface area (Å²) < 4.78 is 0. The monoisotopic (exact) mass is 301 g/mol. The van der Waals surface area contributed by atoms with Crippen molar-refractivity contribution < 1.29 is 14.4 Å². The number of nitrogens with two attached hydrogens (primary N) is 3. The number of amides is 3. The Bertz CT molecular complexity index is 332. The normalized spacial score (nSPS) is 18.6. The average Bonchev–Trinajstić information content (AvgIpc) is 2.29. The topological polar surface area (TPSA) is 129 Å². The van der Waals surface area contributed by atoms with Crippen LogP contribution in [0.4, 0.5) is 0 Å². The van der Waals surface area contributed by atoms with Crippen molar-refractivity contribution >= 4 is 25.8 Å². The van der Waals surface area contributed by atoms with Gasteiger partial charge < -0.3 is 17.2 Å². The van der Waals surface area contributed by atoms with Crippen molar-refractivity contribution in [2.24, 2.45) is 17.2 Å². The van der Waals surface area contributed by atoms with Crippen LogP contribution >= 0.6 is 0 Å². The molecule has 0 aliphatic heterocycles. The molecule has 3 atom stereocenters. The second kappa shape index (κ2) is 7.42. The number of hydrogen-bond acceptors (Lipinski definition) is 3. The predicted molar refractivity (Wildman–Crippen MR) is 81.3 cm³/mol. The summed E-state index contributed by atoms with van der Waals surface area (Å²) in [7, 11) is -2.75. The van der Waals surface area contributed by atoms with Gasteiger partial charge in [0.1, 0.15) is 0 Å². The molecule has 0 aromatic rings. The summed E-state index contributed by atoms with van der Waals surface area (Å²) in [6.45, 7) is 7.37. The van der Waals surface area contributed by atoms with Crippen molar-refractivity contribution in [2.75, 3.05) is 0 Å². The summed E-state index contributed by atoms with van der Waals surface area (Å²) in [6.07, 6.45) is 1.48. The SMILES string of the molecule is CCC(C(N)=O)[Si](C)(C(CC)C(N)=O)C(CC)C(N)=O. The maximum atomic E-state index is 11.8. The van der Waals surface area contributed by atoms with Crippen molar-refractivity contribution in [3.63, 3.8) is 0 Å². The van der Waals surface area contributed by atoms with Gasteiger partial charge in [0.05, 0.1) is 8.07 Å². The highest BCUT2D eigenvalue weighted by Gasteiger charge is 2.53. The fraction of sp³-hybridized carbons (Fsp3) is 0.769. The van der Waals surface area contributed by atoms with E-state index in [1.807, 2.05) is 27.3 Å². The summed E-state index contributed by atoms with van der Waals surface area (Å²) in [4.78, 5) is 35.4. The zero-order valence-corrected chi connectivity index (χ0v) is 13.8. The van der Waals surface area contributed by atoms with E-state index in [0.717, 1.165) is 0 Å². The molecule has 6 N–H and O–H groups in total. The van der Waals surface area contributed by atoms with E-state index in [9.17, 15) is 14.4 Å². The molecule has 0 aromatic heterocycles. The summed E-state index contributed by atoms with van der Waals surface area (Å²) in [5, 5.41) is 0. The van der Waals surface area contributed by atoms with Gasteiger partial charge in [0.25, 0.3) is 0 Å². The quantitative estimate of drug-likeness (QED) is 0.546. The van der Waals surface area contributed by atoms with Crippen LogP contribution < -0.4 is 17.2 Å². The van der Waals surface area contributed by atoms with Gasteiger partial charge >= 0.3 is 0 Å². The zero-order chi connectivity index (χ0) is 16.1. The van der Waals surface area contributed by atoms with Gasteiger partial charge in [-0.2, -0.15) is 0 Å². The zero-order valence-electron chi connectivity index (χ0n) is 12.8. The number of carbonyl (C=O) groups is 3. The second-order valence-electron chi connectivity index (χ2n) is 5.46. The standard InChI is InChI=1S/C13H27N3O3Si/c1-5-8(11(14)17)20(4,9(6-2)12(15)18)10(7-3)13(16)19/h8-10H,5-7H2,1-4H3,(H2,14,17)(H2,15,18)(H2,16,19). The molecule has 3 unspecified atom stereocenters. The summed E-state index contributed by atoms with van der Waals surface area (Å²) >= 11 is 0. The lowest BCUT2D eigenvalue weighted by atomic mass is 10.3. The molecule has 0 aliphatic rings. The van der Waals surface area contributed by atoms with Gasteiger partial charge in [-0.25, -0.2) is 0 Å². The first-order valence-electron chi connectivity index (χ1n) is 7.06. The van der Waals surface area contributed by atoms with E-state index in [1.54, 1.807) is 0 Å². The van der Waals surface area contributed by atoms with Gasteiger partial charge in [-0.15, -0.1) is 0 Å². The molecule has 0 rings (SSSR count). The third kappa shape index (κ3) is 3.39. The number of hydrogen-bond donors (Lipinski definition) is 3. The Hall–Kier alpha value is -1.37. The van der Waals surface area contributed by atoms with Crippen molar-refractivity contribution in [1.29, 1.82) is 0 Å². The lowest BCUT2D eigenvalue weighted by Gasteiger charge is -2.43. The largest absolute Gasteiger partial charge is 0.370 e. The van der Waals surface area contributed by atoms with Crippen molar-refractivity contribution in [3.8, 4) is 0 Å². The van der Waals surface area contributed by atoms with Gasteiger partial charge in [-0.05, 0) is 19.3 Å². The molecule has 0 radical (unpaired) electrons. The van der Waals surface area contributed by atoms with Gasteiger partial charge in [0.15, 0.2) is 0 Å². The molecule has 0 spiro atoms. The molecule has 0 heterocycles. The van der Waals surface area contributed by atoms with Crippen LogP contribution in [0.25, 0.3) is 0 Å². The van der Waals surface area contributed by atoms with E-state index in [0.29, 0.717) is 19.3 Å². The lowest BCUT2D eigenvalue weighted by molar-refractivity contribution is -0.118. The highest BCUT2D eigenvalue weighted by molar-refractivity contribution is 6.90. The van der Waals surface area contributed by atoms with Crippen LogP contribution in [0.2, 0.25) is 23.2 Å². The van der Waals surface area contributed by atoms with E-state index < -0.39 is 42.4 Å². The van der Waals surface area contributed by atoms with Crippen LogP contribution in [0, 0.1) is 0 Å². The van der Waals surface area contributed by atoms with E-state index in [4.69, 9.17) is 17.2 Å². The van der Waals surface area contributed by atoms with E-state index >= 15 is 0 Å². The van der Waals surface area contributed by atoms with E-state index in [-0.39, 0.29) is 0 Å². The van der Waals surface area contributed by atoms with Crippen LogP contribution in [0.3, 0.4) is 0 Å². The Morgan fingerprint density at radius 1 is 0.750 bits per heavy atom. The smallest absolute Gasteiger partial charge is 0.217 e. The molecule has 0 aliphatic carbocycles.